The summed E-state index contributed by atoms with van der Waals surface area (Å²) in [5, 5.41) is 6.59. The van der Waals surface area contributed by atoms with Crippen LogP contribution in [0.1, 0.15) is 27.7 Å². The van der Waals surface area contributed by atoms with Crippen molar-refractivity contribution in [3.63, 3.8) is 0 Å². The van der Waals surface area contributed by atoms with Crippen LogP contribution >= 0.6 is 57.5 Å². The lowest BCUT2D eigenvalue weighted by Gasteiger charge is -2.32. The molecule has 0 amide bonds. The standard InChI is InChI=1S/C27H16ClN3S.C18H19BO2S.C15H9Cl2N3/c28-20-10-6-9-18(15-20)26-29-25(17-7-2-1-3-8-17)30-27(31-26)19-13-14-22-21-11-4-5-12-23(21)32-24(22)16-19;1-17(2)18(3,4)21-19(20-17)12-9-10-14-13-7-5-6-8-15(13)22-16(14)11-12;16-12-8-4-7-11(9-12)14-18-13(19-15(17)20-14)10-5-2-1-3-6-10/h1-16H;5-11H,1-4H3;1-9H. The van der Waals surface area contributed by atoms with E-state index in [0.29, 0.717) is 39.2 Å². The molecule has 0 bridgehead atoms. The fourth-order valence-electron chi connectivity index (χ4n) is 8.53. The third kappa shape index (κ3) is 10.4. The molecule has 0 atom stereocenters. The molecule has 0 spiro atoms. The van der Waals surface area contributed by atoms with Gasteiger partial charge >= 0.3 is 7.12 Å². The van der Waals surface area contributed by atoms with E-state index in [1.54, 1.807) is 23.5 Å². The fraction of sp³-hybridized carbons (Fsp3) is 0.100. The summed E-state index contributed by atoms with van der Waals surface area (Å²) < 4.78 is 17.4. The van der Waals surface area contributed by atoms with Crippen LogP contribution in [0.2, 0.25) is 15.3 Å². The van der Waals surface area contributed by atoms with Crippen molar-refractivity contribution in [2.24, 2.45) is 0 Å². The summed E-state index contributed by atoms with van der Waals surface area (Å²) in [5.74, 6) is 2.94. The Hall–Kier alpha value is -6.93. The number of thiophene rings is 2. The minimum Gasteiger partial charge on any atom is -0.399 e. The second kappa shape index (κ2) is 20.8. The van der Waals surface area contributed by atoms with E-state index in [9.17, 15) is 0 Å². The van der Waals surface area contributed by atoms with Crippen molar-refractivity contribution in [2.75, 3.05) is 0 Å². The number of halogens is 3. The molecule has 13 rings (SSSR count). The van der Waals surface area contributed by atoms with Gasteiger partial charge in [0.2, 0.25) is 5.28 Å². The first kappa shape index (κ1) is 49.3. The van der Waals surface area contributed by atoms with Gasteiger partial charge in [-0.3, -0.25) is 0 Å². The lowest BCUT2D eigenvalue weighted by Crippen LogP contribution is -2.41. The van der Waals surface area contributed by atoms with E-state index < -0.39 is 0 Å². The lowest BCUT2D eigenvalue weighted by molar-refractivity contribution is 0.00578. The number of benzene rings is 8. The van der Waals surface area contributed by atoms with Crippen LogP contribution in [0.25, 0.3) is 97.3 Å². The zero-order valence-corrected chi connectivity index (χ0v) is 44.4. The van der Waals surface area contributed by atoms with Crippen molar-refractivity contribution < 1.29 is 9.31 Å². The third-order valence-electron chi connectivity index (χ3n) is 13.0. The van der Waals surface area contributed by atoms with Gasteiger partial charge in [0, 0.05) is 78.2 Å². The van der Waals surface area contributed by atoms with Crippen LogP contribution in [0.5, 0.6) is 0 Å². The second-order valence-corrected chi connectivity index (χ2v) is 21.9. The molecule has 14 heteroatoms. The molecule has 1 saturated heterocycles. The van der Waals surface area contributed by atoms with Gasteiger partial charge in [-0.1, -0.05) is 169 Å². The molecule has 5 heterocycles. The van der Waals surface area contributed by atoms with Crippen LogP contribution in [0.4, 0.5) is 0 Å². The highest BCUT2D eigenvalue weighted by molar-refractivity contribution is 7.26. The van der Waals surface area contributed by atoms with Crippen LogP contribution in [-0.2, 0) is 9.31 Å². The highest BCUT2D eigenvalue weighted by atomic mass is 35.5. The van der Waals surface area contributed by atoms with Gasteiger partial charge in [0.1, 0.15) is 0 Å². The Morgan fingerprint density at radius 3 is 1.23 bits per heavy atom. The average Bonchev–Trinajstić information content (AvgIpc) is 4.06. The summed E-state index contributed by atoms with van der Waals surface area (Å²) in [4.78, 5) is 27.2. The van der Waals surface area contributed by atoms with Crippen molar-refractivity contribution in [1.82, 2.24) is 29.9 Å². The van der Waals surface area contributed by atoms with E-state index in [1.165, 1.54) is 40.3 Å². The van der Waals surface area contributed by atoms with Gasteiger partial charge in [0.15, 0.2) is 29.1 Å². The Morgan fingerprint density at radius 2 is 0.730 bits per heavy atom. The molecule has 8 aromatic carbocycles. The summed E-state index contributed by atoms with van der Waals surface area (Å²) in [6.45, 7) is 8.35. The van der Waals surface area contributed by atoms with Crippen molar-refractivity contribution in [2.45, 2.75) is 38.9 Å². The molecule has 1 aliphatic rings. The van der Waals surface area contributed by atoms with E-state index in [2.05, 4.69) is 128 Å². The van der Waals surface area contributed by atoms with E-state index in [1.807, 2.05) is 108 Å². The number of hydrogen-bond acceptors (Lipinski definition) is 10. The zero-order chi connectivity index (χ0) is 51.0. The van der Waals surface area contributed by atoms with Crippen molar-refractivity contribution in [3.8, 4) is 56.9 Å². The molecule has 74 heavy (non-hydrogen) atoms. The highest BCUT2D eigenvalue weighted by Gasteiger charge is 2.51. The van der Waals surface area contributed by atoms with Gasteiger partial charge in [-0.2, -0.15) is 9.97 Å². The van der Waals surface area contributed by atoms with Crippen LogP contribution in [0, 0.1) is 0 Å². The summed E-state index contributed by atoms with van der Waals surface area (Å²) >= 11 is 21.8. The number of rotatable bonds is 6. The molecule has 4 aromatic heterocycles. The summed E-state index contributed by atoms with van der Waals surface area (Å²) in [5.41, 5.74) is 4.96. The molecule has 0 saturated carbocycles. The van der Waals surface area contributed by atoms with Crippen LogP contribution < -0.4 is 5.46 Å². The maximum atomic E-state index is 6.24. The molecule has 12 aromatic rings. The number of fused-ring (bicyclic) bond motifs is 6. The van der Waals surface area contributed by atoms with E-state index >= 15 is 0 Å². The summed E-state index contributed by atoms with van der Waals surface area (Å²) in [7, 11) is -0.292. The normalized spacial score (nSPS) is 13.7. The van der Waals surface area contributed by atoms with E-state index in [0.717, 1.165) is 33.3 Å². The van der Waals surface area contributed by atoms with Gasteiger partial charge in [-0.05, 0) is 93.3 Å². The maximum Gasteiger partial charge on any atom is 0.494 e. The minimum absolute atomic E-state index is 0.161. The topological polar surface area (TPSA) is 95.8 Å². The molecular weight excluding hydrogens is 1020 g/mol. The van der Waals surface area contributed by atoms with Gasteiger partial charge in [0.05, 0.1) is 11.2 Å². The van der Waals surface area contributed by atoms with Crippen LogP contribution in [0.15, 0.2) is 194 Å². The molecule has 362 valence electrons. The fourth-order valence-corrected chi connectivity index (χ4v) is 11.4. The number of aromatic nitrogens is 6. The molecule has 8 nitrogen and oxygen atoms in total. The quantitative estimate of drug-likeness (QED) is 0.152. The largest absolute Gasteiger partial charge is 0.494 e. The third-order valence-corrected chi connectivity index (χ3v) is 15.9. The van der Waals surface area contributed by atoms with Crippen molar-refractivity contribution in [1.29, 1.82) is 0 Å². The molecule has 0 radical (unpaired) electrons. The SMILES string of the molecule is CC1(C)OB(c2ccc3c(c2)sc2ccccc23)OC1(C)C.Clc1cccc(-c2nc(-c3ccccc3)nc(-c3ccc4c(c3)sc3ccccc34)n2)c1.Clc1cccc(-c2nc(Cl)nc(-c3ccccc3)n2)c1. The molecule has 1 fully saturated rings. The Morgan fingerprint density at radius 1 is 0.351 bits per heavy atom. The smallest absolute Gasteiger partial charge is 0.399 e. The molecule has 0 aliphatic carbocycles. The molecule has 0 unspecified atom stereocenters. The van der Waals surface area contributed by atoms with Crippen molar-refractivity contribution in [3.05, 3.63) is 209 Å². The summed E-state index contributed by atoms with van der Waals surface area (Å²) in [6.07, 6.45) is 0. The zero-order valence-electron chi connectivity index (χ0n) is 40.5. The van der Waals surface area contributed by atoms with Gasteiger partial charge in [-0.15, -0.1) is 22.7 Å². The van der Waals surface area contributed by atoms with Gasteiger partial charge < -0.3 is 9.31 Å². The monoisotopic (exact) mass is 1060 g/mol. The summed E-state index contributed by atoms with van der Waals surface area (Å²) in [6, 6.07) is 64.5. The molecular formula is C60H44BCl3N6O2S2. The average molecular weight is 1060 g/mol. The first-order valence-electron chi connectivity index (χ1n) is 23.8. The predicted octanol–water partition coefficient (Wildman–Crippen LogP) is 16.8. The van der Waals surface area contributed by atoms with Gasteiger partial charge in [-0.25, -0.2) is 19.9 Å². The minimum atomic E-state index is -0.299. The Labute approximate surface area is 451 Å². The highest BCUT2D eigenvalue weighted by Crippen LogP contribution is 2.39. The van der Waals surface area contributed by atoms with Crippen molar-refractivity contribution >= 4 is 110 Å². The predicted molar refractivity (Wildman–Crippen MR) is 310 cm³/mol. The van der Waals surface area contributed by atoms with Crippen LogP contribution in [-0.4, -0.2) is 48.2 Å². The first-order chi connectivity index (χ1) is 35.8. The number of hydrogen-bond donors (Lipinski definition) is 0. The Bertz CT molecular complexity index is 3990. The molecule has 1 aliphatic heterocycles. The Balaban J connectivity index is 0.000000124. The maximum absolute atomic E-state index is 6.24. The van der Waals surface area contributed by atoms with E-state index in [4.69, 9.17) is 59.1 Å². The first-order valence-corrected chi connectivity index (χ1v) is 26.6. The number of nitrogens with zero attached hydrogens (tertiary/aromatic N) is 6. The van der Waals surface area contributed by atoms with Crippen LogP contribution in [0.3, 0.4) is 0 Å². The van der Waals surface area contributed by atoms with Gasteiger partial charge in [0.25, 0.3) is 0 Å². The second-order valence-electron chi connectivity index (χ2n) is 18.6. The lowest BCUT2D eigenvalue weighted by atomic mass is 9.79. The Kier molecular flexibility index (Phi) is 13.8. The van der Waals surface area contributed by atoms with E-state index in [-0.39, 0.29) is 23.6 Å². The molecule has 0 N–H and O–H groups in total.